The summed E-state index contributed by atoms with van der Waals surface area (Å²) in [6, 6.07) is 0. The summed E-state index contributed by atoms with van der Waals surface area (Å²) in [5.41, 5.74) is -0.0420. The van der Waals surface area contributed by atoms with Crippen molar-refractivity contribution in [1.29, 1.82) is 0 Å². The van der Waals surface area contributed by atoms with E-state index in [4.69, 9.17) is 19.4 Å². The number of carbonyl (C=O) groups is 1. The van der Waals surface area contributed by atoms with Gasteiger partial charge >= 0.3 is 0 Å². The second-order valence-corrected chi connectivity index (χ2v) is 4.79. The van der Waals surface area contributed by atoms with Crippen LogP contribution >= 0.6 is 0 Å². The average Bonchev–Trinajstić information content (AvgIpc) is 2.42. The van der Waals surface area contributed by atoms with E-state index in [2.05, 4.69) is 12.1 Å². The number of hydrogen-bond acceptors (Lipinski definition) is 6. The van der Waals surface area contributed by atoms with Crippen LogP contribution in [0, 0.1) is 0 Å². The molecular formula is C13H23NO5. The quantitative estimate of drug-likeness (QED) is 0.453. The monoisotopic (exact) mass is 273 g/mol. The van der Waals surface area contributed by atoms with Crippen LogP contribution in [-0.4, -0.2) is 48.9 Å². The van der Waals surface area contributed by atoms with E-state index in [0.29, 0.717) is 6.42 Å². The van der Waals surface area contributed by atoms with E-state index < -0.39 is 18.0 Å². The first-order valence-electron chi connectivity index (χ1n) is 6.56. The SMILES string of the molecule is CCCCCC1OC(C)(OC)C(OC)C(=NO)C1=O. The van der Waals surface area contributed by atoms with Gasteiger partial charge in [-0.05, 0) is 13.3 Å². The Bertz CT molecular complexity index is 344. The number of rotatable bonds is 6. The molecule has 1 aliphatic rings. The highest BCUT2D eigenvalue weighted by Crippen LogP contribution is 2.30. The summed E-state index contributed by atoms with van der Waals surface area (Å²) in [5, 5.41) is 12.1. The van der Waals surface area contributed by atoms with Crippen LogP contribution in [0.15, 0.2) is 5.16 Å². The molecule has 1 aliphatic heterocycles. The zero-order chi connectivity index (χ0) is 14.5. The normalized spacial score (nSPS) is 33.9. The molecule has 3 atom stereocenters. The van der Waals surface area contributed by atoms with Gasteiger partial charge in [-0.25, -0.2) is 0 Å². The number of unbranched alkanes of at least 4 members (excludes halogenated alkanes) is 2. The minimum atomic E-state index is -1.12. The second kappa shape index (κ2) is 6.98. The smallest absolute Gasteiger partial charge is 0.212 e. The topological polar surface area (TPSA) is 77.3 Å². The molecule has 1 heterocycles. The molecule has 0 saturated carbocycles. The van der Waals surface area contributed by atoms with Crippen molar-refractivity contribution in [3.8, 4) is 0 Å². The number of carbonyl (C=O) groups excluding carboxylic acids is 1. The van der Waals surface area contributed by atoms with E-state index in [1.54, 1.807) is 6.92 Å². The first-order valence-corrected chi connectivity index (χ1v) is 6.56. The van der Waals surface area contributed by atoms with E-state index in [-0.39, 0.29) is 11.5 Å². The van der Waals surface area contributed by atoms with Crippen LogP contribution in [-0.2, 0) is 19.0 Å². The number of hydrogen-bond donors (Lipinski definition) is 1. The molecule has 6 heteroatoms. The fourth-order valence-corrected chi connectivity index (χ4v) is 2.29. The van der Waals surface area contributed by atoms with E-state index in [1.807, 2.05) is 0 Å². The summed E-state index contributed by atoms with van der Waals surface area (Å²) in [5.74, 6) is -1.46. The molecule has 0 spiro atoms. The van der Waals surface area contributed by atoms with Crippen molar-refractivity contribution in [3.05, 3.63) is 0 Å². The highest BCUT2D eigenvalue weighted by molar-refractivity contribution is 6.43. The average molecular weight is 273 g/mol. The summed E-state index contributed by atoms with van der Waals surface area (Å²) in [4.78, 5) is 12.2. The largest absolute Gasteiger partial charge is 0.410 e. The maximum absolute atomic E-state index is 12.2. The Kier molecular flexibility index (Phi) is 5.90. The van der Waals surface area contributed by atoms with Gasteiger partial charge in [0.1, 0.15) is 6.10 Å². The number of nitrogens with zero attached hydrogens (tertiary/aromatic N) is 1. The van der Waals surface area contributed by atoms with Gasteiger partial charge in [0.2, 0.25) is 5.78 Å². The van der Waals surface area contributed by atoms with Crippen molar-refractivity contribution >= 4 is 11.5 Å². The predicted molar refractivity (Wildman–Crippen MR) is 69.5 cm³/mol. The van der Waals surface area contributed by atoms with Crippen molar-refractivity contribution in [2.24, 2.45) is 5.16 Å². The molecule has 0 aliphatic carbocycles. The molecule has 1 saturated heterocycles. The lowest BCUT2D eigenvalue weighted by Gasteiger charge is -2.41. The van der Waals surface area contributed by atoms with Crippen LogP contribution in [0.2, 0.25) is 0 Å². The predicted octanol–water partition coefficient (Wildman–Crippen LogP) is 1.74. The Morgan fingerprint density at radius 2 is 2.11 bits per heavy atom. The highest BCUT2D eigenvalue weighted by Gasteiger charge is 2.51. The van der Waals surface area contributed by atoms with Gasteiger partial charge in [-0.1, -0.05) is 31.3 Å². The lowest BCUT2D eigenvalue weighted by molar-refractivity contribution is -0.273. The molecule has 6 nitrogen and oxygen atoms in total. The van der Waals surface area contributed by atoms with Gasteiger partial charge in [0.25, 0.3) is 0 Å². The Hall–Kier alpha value is -0.980. The first kappa shape index (κ1) is 16.1. The molecule has 0 amide bonds. The van der Waals surface area contributed by atoms with Gasteiger partial charge in [-0.15, -0.1) is 0 Å². The third kappa shape index (κ3) is 3.32. The Labute approximate surface area is 113 Å². The van der Waals surface area contributed by atoms with Gasteiger partial charge in [0.05, 0.1) is 0 Å². The molecule has 0 bridgehead atoms. The number of ketones is 1. The molecule has 3 unspecified atom stereocenters. The van der Waals surface area contributed by atoms with Crippen LogP contribution in [0.1, 0.15) is 39.5 Å². The summed E-state index contributed by atoms with van der Waals surface area (Å²) in [7, 11) is 2.89. The molecule has 0 radical (unpaired) electrons. The van der Waals surface area contributed by atoms with Crippen molar-refractivity contribution in [1.82, 2.24) is 0 Å². The van der Waals surface area contributed by atoms with Gasteiger partial charge < -0.3 is 19.4 Å². The maximum Gasteiger partial charge on any atom is 0.212 e. The summed E-state index contributed by atoms with van der Waals surface area (Å²) in [6.07, 6.45) is 2.07. The Balaban J connectivity index is 2.90. The van der Waals surface area contributed by atoms with E-state index in [0.717, 1.165) is 19.3 Å². The van der Waals surface area contributed by atoms with Gasteiger partial charge in [-0.2, -0.15) is 0 Å². The van der Waals surface area contributed by atoms with Crippen molar-refractivity contribution in [2.45, 2.75) is 57.5 Å². The van der Waals surface area contributed by atoms with E-state index >= 15 is 0 Å². The molecule has 0 aromatic carbocycles. The van der Waals surface area contributed by atoms with Crippen LogP contribution in [0.25, 0.3) is 0 Å². The first-order chi connectivity index (χ1) is 9.03. The van der Waals surface area contributed by atoms with Gasteiger partial charge in [0, 0.05) is 14.2 Å². The lowest BCUT2D eigenvalue weighted by Crippen LogP contribution is -2.60. The van der Waals surface area contributed by atoms with Gasteiger partial charge in [-0.3, -0.25) is 4.79 Å². The summed E-state index contributed by atoms with van der Waals surface area (Å²) < 4.78 is 16.2. The zero-order valence-electron chi connectivity index (χ0n) is 12.0. The number of methoxy groups -OCH3 is 2. The van der Waals surface area contributed by atoms with Crippen molar-refractivity contribution in [3.63, 3.8) is 0 Å². The molecule has 1 rings (SSSR count). The zero-order valence-corrected chi connectivity index (χ0v) is 12.0. The van der Waals surface area contributed by atoms with Crippen LogP contribution in [0.5, 0.6) is 0 Å². The molecule has 0 aromatic heterocycles. The fourth-order valence-electron chi connectivity index (χ4n) is 2.29. The van der Waals surface area contributed by atoms with E-state index in [1.165, 1.54) is 14.2 Å². The lowest BCUT2D eigenvalue weighted by atomic mass is 9.92. The molecular weight excluding hydrogens is 250 g/mol. The van der Waals surface area contributed by atoms with Crippen LogP contribution < -0.4 is 0 Å². The second-order valence-electron chi connectivity index (χ2n) is 4.79. The minimum Gasteiger partial charge on any atom is -0.410 e. The maximum atomic E-state index is 12.2. The van der Waals surface area contributed by atoms with Crippen LogP contribution in [0.3, 0.4) is 0 Å². The number of ether oxygens (including phenoxy) is 3. The molecule has 110 valence electrons. The van der Waals surface area contributed by atoms with E-state index in [9.17, 15) is 4.79 Å². The molecule has 0 aromatic rings. The fraction of sp³-hybridized carbons (Fsp3) is 0.846. The molecule has 1 N–H and O–H groups in total. The van der Waals surface area contributed by atoms with Crippen molar-refractivity contribution < 1.29 is 24.2 Å². The summed E-state index contributed by atoms with van der Waals surface area (Å²) in [6.45, 7) is 3.76. The number of oxime groups is 1. The van der Waals surface area contributed by atoms with Gasteiger partial charge in [0.15, 0.2) is 17.6 Å². The standard InChI is InChI=1S/C13H23NO5/c1-5-6-7-8-9-11(15)10(14-16)12(17-3)13(2,18-4)19-9/h9,12,16H,5-8H2,1-4H3. The summed E-state index contributed by atoms with van der Waals surface area (Å²) >= 11 is 0. The highest BCUT2D eigenvalue weighted by atomic mass is 16.7. The minimum absolute atomic E-state index is 0.0420. The Morgan fingerprint density at radius 3 is 2.58 bits per heavy atom. The molecule has 1 fully saturated rings. The van der Waals surface area contributed by atoms with Crippen LogP contribution in [0.4, 0.5) is 0 Å². The Morgan fingerprint density at radius 1 is 1.42 bits per heavy atom. The third-order valence-corrected chi connectivity index (χ3v) is 3.46. The third-order valence-electron chi connectivity index (χ3n) is 3.46. The molecule has 19 heavy (non-hydrogen) atoms. The van der Waals surface area contributed by atoms with Crippen molar-refractivity contribution in [2.75, 3.05) is 14.2 Å². The number of Topliss-reactive ketones (excluding diaryl/α,β-unsaturated/α-hetero) is 1.